The minimum atomic E-state index is 0.227. The molecule has 0 amide bonds. The van der Waals surface area contributed by atoms with Gasteiger partial charge < -0.3 is 15.2 Å². The molecule has 2 N–H and O–H groups in total. The fraction of sp³-hybridized carbons (Fsp3) is 0.571. The highest BCUT2D eigenvalue weighted by Gasteiger charge is 2.11. The molecule has 1 aromatic carbocycles. The first-order chi connectivity index (χ1) is 8.71. The lowest BCUT2D eigenvalue weighted by atomic mass is 10.1. The Morgan fingerprint density at radius 3 is 2.50 bits per heavy atom. The molecule has 1 aromatic rings. The highest BCUT2D eigenvalue weighted by atomic mass is 32.2. The summed E-state index contributed by atoms with van der Waals surface area (Å²) in [4.78, 5) is 0. The molecule has 3 nitrogen and oxygen atoms in total. The van der Waals surface area contributed by atoms with Crippen LogP contribution in [0.1, 0.15) is 25.5 Å². The normalized spacial score (nSPS) is 14.2. The first-order valence-corrected chi connectivity index (χ1v) is 7.38. The lowest BCUT2D eigenvalue weighted by molar-refractivity contribution is 0.300. The van der Waals surface area contributed by atoms with Crippen LogP contribution in [0.3, 0.4) is 0 Å². The highest BCUT2D eigenvalue weighted by Crippen LogP contribution is 2.23. The standard InChI is InChI=1S/C14H23NO2S/c1-4-17-13-7-5-12(6-8-13)14(15-3)10-18-11(2)9-16/h5-8,11,14-16H,4,9-10H2,1-3H3. The summed E-state index contributed by atoms with van der Waals surface area (Å²) in [6, 6.07) is 8.50. The zero-order valence-corrected chi connectivity index (χ0v) is 12.2. The monoisotopic (exact) mass is 269 g/mol. The minimum absolute atomic E-state index is 0.227. The quantitative estimate of drug-likeness (QED) is 0.761. The molecule has 0 aliphatic heterocycles. The van der Waals surface area contributed by atoms with Crippen LogP contribution in [0.4, 0.5) is 0 Å². The molecular weight excluding hydrogens is 246 g/mol. The molecule has 18 heavy (non-hydrogen) atoms. The Morgan fingerprint density at radius 1 is 1.33 bits per heavy atom. The lowest BCUT2D eigenvalue weighted by Crippen LogP contribution is -2.20. The molecule has 0 aromatic heterocycles. The SMILES string of the molecule is CCOc1ccc(C(CSC(C)CO)NC)cc1. The van der Waals surface area contributed by atoms with E-state index < -0.39 is 0 Å². The molecule has 2 atom stereocenters. The summed E-state index contributed by atoms with van der Waals surface area (Å²) in [5, 5.41) is 12.6. The summed E-state index contributed by atoms with van der Waals surface area (Å²) in [6.07, 6.45) is 0. The Hall–Kier alpha value is -0.710. The van der Waals surface area contributed by atoms with Gasteiger partial charge in [-0.05, 0) is 31.7 Å². The first-order valence-electron chi connectivity index (χ1n) is 6.33. The van der Waals surface area contributed by atoms with E-state index in [1.54, 1.807) is 11.8 Å². The van der Waals surface area contributed by atoms with Crippen LogP contribution in [0, 0.1) is 0 Å². The van der Waals surface area contributed by atoms with Gasteiger partial charge in [0.15, 0.2) is 0 Å². The minimum Gasteiger partial charge on any atom is -0.494 e. The predicted molar refractivity (Wildman–Crippen MR) is 78.4 cm³/mol. The lowest BCUT2D eigenvalue weighted by Gasteiger charge is -2.18. The van der Waals surface area contributed by atoms with Gasteiger partial charge in [0.25, 0.3) is 0 Å². The van der Waals surface area contributed by atoms with Gasteiger partial charge in [-0.2, -0.15) is 11.8 Å². The van der Waals surface area contributed by atoms with Gasteiger partial charge in [-0.1, -0.05) is 19.1 Å². The molecule has 0 saturated carbocycles. The number of aliphatic hydroxyl groups excluding tert-OH is 1. The van der Waals surface area contributed by atoms with Crippen molar-refractivity contribution in [3.8, 4) is 5.75 Å². The van der Waals surface area contributed by atoms with Gasteiger partial charge in [0.1, 0.15) is 5.75 Å². The number of thioether (sulfide) groups is 1. The van der Waals surface area contributed by atoms with Crippen LogP contribution in [0.5, 0.6) is 5.75 Å². The summed E-state index contributed by atoms with van der Waals surface area (Å²) in [7, 11) is 1.96. The number of hydrogen-bond donors (Lipinski definition) is 2. The van der Waals surface area contributed by atoms with Crippen LogP contribution >= 0.6 is 11.8 Å². The van der Waals surface area contributed by atoms with Gasteiger partial charge in [0.2, 0.25) is 0 Å². The largest absolute Gasteiger partial charge is 0.494 e. The fourth-order valence-corrected chi connectivity index (χ4v) is 2.61. The maximum Gasteiger partial charge on any atom is 0.119 e. The van der Waals surface area contributed by atoms with Crippen molar-refractivity contribution in [1.82, 2.24) is 5.32 Å². The van der Waals surface area contributed by atoms with E-state index in [0.717, 1.165) is 11.5 Å². The second kappa shape index (κ2) is 8.40. The molecule has 2 unspecified atom stereocenters. The number of rotatable bonds is 8. The van der Waals surface area contributed by atoms with Crippen LogP contribution in [0.25, 0.3) is 0 Å². The number of aliphatic hydroxyl groups is 1. The molecule has 1 rings (SSSR count). The molecule has 0 aliphatic rings. The maximum absolute atomic E-state index is 9.03. The predicted octanol–water partition coefficient (Wildman–Crippen LogP) is 2.46. The third-order valence-electron chi connectivity index (χ3n) is 2.75. The first kappa shape index (κ1) is 15.3. The van der Waals surface area contributed by atoms with Gasteiger partial charge in [-0.15, -0.1) is 0 Å². The van der Waals surface area contributed by atoms with Crippen LogP contribution in [-0.2, 0) is 0 Å². The zero-order valence-electron chi connectivity index (χ0n) is 11.3. The van der Waals surface area contributed by atoms with E-state index in [1.807, 2.05) is 33.0 Å². The van der Waals surface area contributed by atoms with E-state index in [9.17, 15) is 0 Å². The second-order valence-corrected chi connectivity index (χ2v) is 5.64. The third kappa shape index (κ3) is 4.88. The summed E-state index contributed by atoms with van der Waals surface area (Å²) in [5.74, 6) is 1.86. The summed E-state index contributed by atoms with van der Waals surface area (Å²) >= 11 is 1.77. The van der Waals surface area contributed by atoms with Crippen molar-refractivity contribution in [3.63, 3.8) is 0 Å². The van der Waals surface area contributed by atoms with E-state index in [2.05, 4.69) is 17.4 Å². The maximum atomic E-state index is 9.03. The van der Waals surface area contributed by atoms with Gasteiger partial charge in [-0.25, -0.2) is 0 Å². The zero-order chi connectivity index (χ0) is 13.4. The molecule has 0 spiro atoms. The smallest absolute Gasteiger partial charge is 0.119 e. The summed E-state index contributed by atoms with van der Waals surface area (Å²) < 4.78 is 5.43. The summed E-state index contributed by atoms with van der Waals surface area (Å²) in [6.45, 7) is 4.94. The van der Waals surface area contributed by atoms with E-state index in [1.165, 1.54) is 5.56 Å². The van der Waals surface area contributed by atoms with Gasteiger partial charge in [-0.3, -0.25) is 0 Å². The number of hydrogen-bond acceptors (Lipinski definition) is 4. The number of benzene rings is 1. The van der Waals surface area contributed by atoms with Crippen molar-refractivity contribution in [3.05, 3.63) is 29.8 Å². The second-order valence-electron chi connectivity index (χ2n) is 4.17. The molecule has 0 radical (unpaired) electrons. The molecule has 0 saturated heterocycles. The average molecular weight is 269 g/mol. The van der Waals surface area contributed by atoms with E-state index in [-0.39, 0.29) is 11.9 Å². The Morgan fingerprint density at radius 2 is 2.00 bits per heavy atom. The molecule has 102 valence electrons. The van der Waals surface area contributed by atoms with Crippen molar-refractivity contribution >= 4 is 11.8 Å². The topological polar surface area (TPSA) is 41.5 Å². The Kier molecular flexibility index (Phi) is 7.16. The van der Waals surface area contributed by atoms with E-state index in [0.29, 0.717) is 12.6 Å². The average Bonchev–Trinajstić information content (AvgIpc) is 2.41. The van der Waals surface area contributed by atoms with E-state index >= 15 is 0 Å². The molecule has 0 aliphatic carbocycles. The van der Waals surface area contributed by atoms with Crippen molar-refractivity contribution in [1.29, 1.82) is 0 Å². The Bertz CT molecular complexity index is 329. The molecular formula is C14H23NO2S. The van der Waals surface area contributed by atoms with Crippen molar-refractivity contribution in [2.75, 3.05) is 26.0 Å². The molecule has 0 bridgehead atoms. The van der Waals surface area contributed by atoms with Crippen LogP contribution in [0.2, 0.25) is 0 Å². The van der Waals surface area contributed by atoms with Crippen molar-refractivity contribution < 1.29 is 9.84 Å². The highest BCUT2D eigenvalue weighted by molar-refractivity contribution is 7.99. The van der Waals surface area contributed by atoms with Crippen LogP contribution < -0.4 is 10.1 Å². The van der Waals surface area contributed by atoms with Gasteiger partial charge in [0.05, 0.1) is 13.2 Å². The molecule has 4 heteroatoms. The van der Waals surface area contributed by atoms with Gasteiger partial charge in [0, 0.05) is 17.0 Å². The van der Waals surface area contributed by atoms with E-state index in [4.69, 9.17) is 9.84 Å². The number of nitrogens with one attached hydrogen (secondary N) is 1. The van der Waals surface area contributed by atoms with Crippen molar-refractivity contribution in [2.24, 2.45) is 0 Å². The third-order valence-corrected chi connectivity index (χ3v) is 3.99. The molecule has 0 heterocycles. The van der Waals surface area contributed by atoms with Crippen molar-refractivity contribution in [2.45, 2.75) is 25.1 Å². The van der Waals surface area contributed by atoms with Crippen LogP contribution in [0.15, 0.2) is 24.3 Å². The Labute approximate surface area is 114 Å². The molecule has 0 fully saturated rings. The van der Waals surface area contributed by atoms with Gasteiger partial charge >= 0.3 is 0 Å². The Balaban J connectivity index is 2.58. The summed E-state index contributed by atoms with van der Waals surface area (Å²) in [5.41, 5.74) is 1.25. The van der Waals surface area contributed by atoms with Crippen LogP contribution in [-0.4, -0.2) is 36.4 Å². The fourth-order valence-electron chi connectivity index (χ4n) is 1.62. The number of ether oxygens (including phenoxy) is 1.